The average molecular weight is 285 g/mol. The first-order valence-electron chi connectivity index (χ1n) is 5.97. The van der Waals surface area contributed by atoms with Crippen molar-refractivity contribution in [1.82, 2.24) is 9.78 Å². The van der Waals surface area contributed by atoms with Gasteiger partial charge in [0.2, 0.25) is 0 Å². The van der Waals surface area contributed by atoms with Crippen molar-refractivity contribution in [2.75, 3.05) is 6.61 Å². The number of benzene rings is 1. The fourth-order valence-corrected chi connectivity index (χ4v) is 1.57. The number of rotatable bonds is 4. The van der Waals surface area contributed by atoms with Gasteiger partial charge in [0.25, 0.3) is 0 Å². The van der Waals surface area contributed by atoms with Gasteiger partial charge in [0.15, 0.2) is 5.75 Å². The molecule has 1 heterocycles. The maximum Gasteiger partial charge on any atom is 0.416 e. The molecule has 4 nitrogen and oxygen atoms in total. The number of hydrogen-bond donors (Lipinski definition) is 1. The summed E-state index contributed by atoms with van der Waals surface area (Å²) in [5, 5.41) is 3.97. The summed E-state index contributed by atoms with van der Waals surface area (Å²) in [7, 11) is 0. The van der Waals surface area contributed by atoms with Gasteiger partial charge >= 0.3 is 6.18 Å². The number of hydrogen-bond acceptors (Lipinski definition) is 3. The molecule has 1 atom stereocenters. The second kappa shape index (κ2) is 5.54. The SMILES string of the molecule is CC(N)COc1cnn(-c2cccc(C(F)(F)F)c2)c1. The highest BCUT2D eigenvalue weighted by molar-refractivity contribution is 5.37. The van der Waals surface area contributed by atoms with Crippen LogP contribution in [0.15, 0.2) is 36.7 Å². The normalized spacial score (nSPS) is 13.2. The molecular weight excluding hydrogens is 271 g/mol. The topological polar surface area (TPSA) is 53.1 Å². The Balaban J connectivity index is 2.20. The van der Waals surface area contributed by atoms with E-state index in [2.05, 4.69) is 5.10 Å². The van der Waals surface area contributed by atoms with Crippen LogP contribution in [-0.4, -0.2) is 22.4 Å². The maximum absolute atomic E-state index is 12.6. The molecule has 0 radical (unpaired) electrons. The van der Waals surface area contributed by atoms with Gasteiger partial charge in [-0.1, -0.05) is 6.07 Å². The summed E-state index contributed by atoms with van der Waals surface area (Å²) < 4.78 is 44.6. The van der Waals surface area contributed by atoms with Gasteiger partial charge in [0.05, 0.1) is 23.6 Å². The molecule has 2 rings (SSSR count). The lowest BCUT2D eigenvalue weighted by molar-refractivity contribution is -0.137. The zero-order valence-corrected chi connectivity index (χ0v) is 10.8. The fourth-order valence-electron chi connectivity index (χ4n) is 1.57. The van der Waals surface area contributed by atoms with Gasteiger partial charge in [-0.15, -0.1) is 0 Å². The Morgan fingerprint density at radius 3 is 2.80 bits per heavy atom. The molecule has 1 unspecified atom stereocenters. The Kier molecular flexibility index (Phi) is 3.99. The number of nitrogens with two attached hydrogens (primary N) is 1. The van der Waals surface area contributed by atoms with Crippen LogP contribution in [0.5, 0.6) is 5.75 Å². The van der Waals surface area contributed by atoms with E-state index < -0.39 is 11.7 Å². The first-order valence-corrected chi connectivity index (χ1v) is 5.97. The van der Waals surface area contributed by atoms with Gasteiger partial charge in [-0.25, -0.2) is 4.68 Å². The van der Waals surface area contributed by atoms with Crippen LogP contribution in [0.25, 0.3) is 5.69 Å². The molecule has 0 amide bonds. The minimum atomic E-state index is -4.38. The molecule has 0 spiro atoms. The highest BCUT2D eigenvalue weighted by Gasteiger charge is 2.30. The van der Waals surface area contributed by atoms with E-state index in [1.807, 2.05) is 0 Å². The van der Waals surface area contributed by atoms with Gasteiger partial charge in [0.1, 0.15) is 6.61 Å². The molecule has 7 heteroatoms. The van der Waals surface area contributed by atoms with Crippen molar-refractivity contribution in [3.63, 3.8) is 0 Å². The summed E-state index contributed by atoms with van der Waals surface area (Å²) in [5.41, 5.74) is 5.14. The van der Waals surface area contributed by atoms with Crippen molar-refractivity contribution in [2.24, 2.45) is 5.73 Å². The second-order valence-corrected chi connectivity index (χ2v) is 4.46. The maximum atomic E-state index is 12.6. The summed E-state index contributed by atoms with van der Waals surface area (Å²) in [5.74, 6) is 0.458. The lowest BCUT2D eigenvalue weighted by Crippen LogP contribution is -2.23. The molecule has 0 aliphatic heterocycles. The fraction of sp³-hybridized carbons (Fsp3) is 0.308. The third-order valence-electron chi connectivity index (χ3n) is 2.51. The summed E-state index contributed by atoms with van der Waals surface area (Å²) in [6.45, 7) is 2.10. The van der Waals surface area contributed by atoms with E-state index in [-0.39, 0.29) is 6.04 Å². The Hall–Kier alpha value is -2.02. The third kappa shape index (κ3) is 3.51. The highest BCUT2D eigenvalue weighted by Crippen LogP contribution is 2.30. The van der Waals surface area contributed by atoms with Crippen LogP contribution in [0.3, 0.4) is 0 Å². The largest absolute Gasteiger partial charge is 0.489 e. The third-order valence-corrected chi connectivity index (χ3v) is 2.51. The first-order chi connectivity index (χ1) is 9.36. The van der Waals surface area contributed by atoms with Crippen molar-refractivity contribution < 1.29 is 17.9 Å². The quantitative estimate of drug-likeness (QED) is 0.939. The summed E-state index contributed by atoms with van der Waals surface area (Å²) in [6.07, 6.45) is -1.43. The van der Waals surface area contributed by atoms with Crippen LogP contribution >= 0.6 is 0 Å². The molecule has 108 valence electrons. The molecule has 1 aromatic carbocycles. The Morgan fingerprint density at radius 2 is 2.15 bits per heavy atom. The zero-order chi connectivity index (χ0) is 14.8. The van der Waals surface area contributed by atoms with Crippen molar-refractivity contribution in [1.29, 1.82) is 0 Å². The second-order valence-electron chi connectivity index (χ2n) is 4.46. The van der Waals surface area contributed by atoms with Crippen LogP contribution in [0.2, 0.25) is 0 Å². The van der Waals surface area contributed by atoms with E-state index in [1.54, 1.807) is 6.92 Å². The molecule has 2 N–H and O–H groups in total. The smallest absolute Gasteiger partial charge is 0.416 e. The molecule has 0 aliphatic carbocycles. The molecule has 0 fully saturated rings. The molecular formula is C13H14F3N3O. The summed E-state index contributed by atoms with van der Waals surface area (Å²) in [6, 6.07) is 4.79. The van der Waals surface area contributed by atoms with E-state index in [0.717, 1.165) is 12.1 Å². The predicted octanol–water partition coefficient (Wildman–Crippen LogP) is 2.62. The zero-order valence-electron chi connectivity index (χ0n) is 10.8. The molecule has 1 aromatic heterocycles. The van der Waals surface area contributed by atoms with Gasteiger partial charge in [-0.3, -0.25) is 0 Å². The van der Waals surface area contributed by atoms with Crippen LogP contribution in [0, 0.1) is 0 Å². The summed E-state index contributed by atoms with van der Waals surface area (Å²) >= 11 is 0. The van der Waals surface area contributed by atoms with Crippen LogP contribution in [0.1, 0.15) is 12.5 Å². The predicted molar refractivity (Wildman–Crippen MR) is 67.7 cm³/mol. The van der Waals surface area contributed by atoms with E-state index in [4.69, 9.17) is 10.5 Å². The van der Waals surface area contributed by atoms with Crippen LogP contribution in [0.4, 0.5) is 13.2 Å². The number of alkyl halides is 3. The number of aromatic nitrogens is 2. The molecule has 0 saturated carbocycles. The van der Waals surface area contributed by atoms with E-state index >= 15 is 0 Å². The van der Waals surface area contributed by atoms with Gasteiger partial charge in [0, 0.05) is 6.04 Å². The Labute approximate surface area is 114 Å². The average Bonchev–Trinajstić information content (AvgIpc) is 2.84. The lowest BCUT2D eigenvalue weighted by Gasteiger charge is -2.08. The molecule has 0 aliphatic rings. The van der Waals surface area contributed by atoms with E-state index in [1.165, 1.54) is 29.2 Å². The van der Waals surface area contributed by atoms with Crippen molar-refractivity contribution >= 4 is 0 Å². The van der Waals surface area contributed by atoms with Crippen LogP contribution in [-0.2, 0) is 6.18 Å². The first kappa shape index (κ1) is 14.4. The Morgan fingerprint density at radius 1 is 1.40 bits per heavy atom. The molecule has 0 bridgehead atoms. The van der Waals surface area contributed by atoms with Crippen molar-refractivity contribution in [3.8, 4) is 11.4 Å². The number of halogens is 3. The standard InChI is InChI=1S/C13H14F3N3O/c1-9(17)8-20-12-6-18-19(7-12)11-4-2-3-10(5-11)13(14,15)16/h2-7,9H,8,17H2,1H3. The van der Waals surface area contributed by atoms with Gasteiger partial charge in [-0.05, 0) is 25.1 Å². The minimum Gasteiger partial charge on any atom is -0.489 e. The molecule has 2 aromatic rings. The Bertz CT molecular complexity index is 578. The molecule has 0 saturated heterocycles. The number of nitrogens with zero attached hydrogens (tertiary/aromatic N) is 2. The van der Waals surface area contributed by atoms with E-state index in [0.29, 0.717) is 18.0 Å². The lowest BCUT2D eigenvalue weighted by atomic mass is 10.2. The van der Waals surface area contributed by atoms with Crippen molar-refractivity contribution in [3.05, 3.63) is 42.2 Å². The number of ether oxygens (including phenoxy) is 1. The van der Waals surface area contributed by atoms with Crippen molar-refractivity contribution in [2.45, 2.75) is 19.1 Å². The highest BCUT2D eigenvalue weighted by atomic mass is 19.4. The van der Waals surface area contributed by atoms with Gasteiger partial charge < -0.3 is 10.5 Å². The van der Waals surface area contributed by atoms with Gasteiger partial charge in [-0.2, -0.15) is 18.3 Å². The molecule has 20 heavy (non-hydrogen) atoms. The minimum absolute atomic E-state index is 0.132. The van der Waals surface area contributed by atoms with E-state index in [9.17, 15) is 13.2 Å². The monoisotopic (exact) mass is 285 g/mol. The summed E-state index contributed by atoms with van der Waals surface area (Å²) in [4.78, 5) is 0. The van der Waals surface area contributed by atoms with Crippen LogP contribution < -0.4 is 10.5 Å².